The van der Waals surface area contributed by atoms with Crippen LogP contribution in [0, 0.1) is 6.92 Å². The highest BCUT2D eigenvalue weighted by molar-refractivity contribution is 7.99. The van der Waals surface area contributed by atoms with E-state index in [0.717, 1.165) is 34.5 Å². The van der Waals surface area contributed by atoms with Crippen molar-refractivity contribution in [1.29, 1.82) is 0 Å². The van der Waals surface area contributed by atoms with Crippen molar-refractivity contribution in [3.05, 3.63) is 10.6 Å². The Balaban J connectivity index is 2.19. The number of carbonyl (C=O) groups is 1. The summed E-state index contributed by atoms with van der Waals surface area (Å²) < 4.78 is 0. The fourth-order valence-corrected chi connectivity index (χ4v) is 3.68. The van der Waals surface area contributed by atoms with Gasteiger partial charge in [-0.2, -0.15) is 11.8 Å². The smallest absolute Gasteiger partial charge is 0.186 e. The number of thioether (sulfide) groups is 1. The average molecular weight is 256 g/mol. The number of hydrogen-bond donors (Lipinski definition) is 0. The monoisotopic (exact) mass is 256 g/mol. The molecule has 5 heteroatoms. The van der Waals surface area contributed by atoms with E-state index in [1.807, 2.05) is 18.7 Å². The van der Waals surface area contributed by atoms with Crippen molar-refractivity contribution in [2.75, 3.05) is 29.5 Å². The molecule has 0 bridgehead atoms. The summed E-state index contributed by atoms with van der Waals surface area (Å²) in [5, 5.41) is 1.02. The van der Waals surface area contributed by atoms with Crippen LogP contribution in [0.25, 0.3) is 0 Å². The standard InChI is InChI=1S/C11H16N2OS2/c1-8-10(9(2)14)16-11(12-8)13-4-3-6-15-7-5-13/h3-7H2,1-2H3. The molecule has 88 valence electrons. The number of aromatic nitrogens is 1. The highest BCUT2D eigenvalue weighted by Crippen LogP contribution is 2.27. The zero-order valence-electron chi connectivity index (χ0n) is 9.65. The van der Waals surface area contributed by atoms with Crippen LogP contribution in [0.1, 0.15) is 28.7 Å². The van der Waals surface area contributed by atoms with Crippen LogP contribution in [0.4, 0.5) is 5.13 Å². The number of thiazole rings is 1. The predicted molar refractivity (Wildman–Crippen MR) is 71.0 cm³/mol. The first-order valence-electron chi connectivity index (χ1n) is 5.49. The van der Waals surface area contributed by atoms with E-state index in [1.165, 1.54) is 23.5 Å². The van der Waals surface area contributed by atoms with E-state index in [4.69, 9.17) is 0 Å². The van der Waals surface area contributed by atoms with Gasteiger partial charge in [-0.25, -0.2) is 4.98 Å². The first-order valence-corrected chi connectivity index (χ1v) is 7.46. The molecule has 0 amide bonds. The Hall–Kier alpha value is -0.550. The molecule has 0 radical (unpaired) electrons. The Morgan fingerprint density at radius 3 is 2.88 bits per heavy atom. The molecule has 3 nitrogen and oxygen atoms in total. The second-order valence-corrected chi connectivity index (χ2v) is 6.12. The van der Waals surface area contributed by atoms with Gasteiger partial charge in [-0.3, -0.25) is 4.79 Å². The molecule has 0 N–H and O–H groups in total. The van der Waals surface area contributed by atoms with E-state index >= 15 is 0 Å². The largest absolute Gasteiger partial charge is 0.347 e. The summed E-state index contributed by atoms with van der Waals surface area (Å²) in [5.74, 6) is 2.53. The molecular weight excluding hydrogens is 240 g/mol. The van der Waals surface area contributed by atoms with Gasteiger partial charge < -0.3 is 4.90 Å². The van der Waals surface area contributed by atoms with Crippen molar-refractivity contribution >= 4 is 34.0 Å². The molecule has 1 aromatic heterocycles. The summed E-state index contributed by atoms with van der Waals surface area (Å²) in [7, 11) is 0. The van der Waals surface area contributed by atoms with Crippen LogP contribution < -0.4 is 4.90 Å². The van der Waals surface area contributed by atoms with Crippen LogP contribution in [0.2, 0.25) is 0 Å². The number of carbonyl (C=O) groups excluding carboxylic acids is 1. The lowest BCUT2D eigenvalue weighted by molar-refractivity contribution is 0.102. The van der Waals surface area contributed by atoms with E-state index in [-0.39, 0.29) is 5.78 Å². The van der Waals surface area contributed by atoms with Crippen molar-refractivity contribution in [2.45, 2.75) is 20.3 Å². The third-order valence-corrected chi connectivity index (χ3v) is 4.97. The minimum atomic E-state index is 0.130. The summed E-state index contributed by atoms with van der Waals surface area (Å²) in [6, 6.07) is 0. The van der Waals surface area contributed by atoms with Crippen LogP contribution in [-0.2, 0) is 0 Å². The van der Waals surface area contributed by atoms with E-state index in [2.05, 4.69) is 9.88 Å². The number of rotatable bonds is 2. The zero-order valence-corrected chi connectivity index (χ0v) is 11.3. The zero-order chi connectivity index (χ0) is 11.5. The lowest BCUT2D eigenvalue weighted by Crippen LogP contribution is -2.25. The van der Waals surface area contributed by atoms with Gasteiger partial charge in [-0.05, 0) is 19.1 Å². The maximum atomic E-state index is 11.4. The molecule has 1 aliphatic heterocycles. The van der Waals surface area contributed by atoms with E-state index in [0.29, 0.717) is 0 Å². The van der Waals surface area contributed by atoms with Crippen LogP contribution in [0.3, 0.4) is 0 Å². The molecular formula is C11H16N2OS2. The van der Waals surface area contributed by atoms with Gasteiger partial charge in [0, 0.05) is 25.8 Å². The first-order chi connectivity index (χ1) is 7.68. The van der Waals surface area contributed by atoms with Crippen LogP contribution >= 0.6 is 23.1 Å². The van der Waals surface area contributed by atoms with Gasteiger partial charge in [0.1, 0.15) is 0 Å². The second-order valence-electron chi connectivity index (χ2n) is 3.92. The number of anilines is 1. The summed E-state index contributed by atoms with van der Waals surface area (Å²) >= 11 is 3.54. The fourth-order valence-electron chi connectivity index (χ4n) is 1.78. The van der Waals surface area contributed by atoms with E-state index < -0.39 is 0 Å². The summed E-state index contributed by atoms with van der Waals surface area (Å²) in [4.78, 5) is 19.0. The molecule has 0 saturated carbocycles. The maximum absolute atomic E-state index is 11.4. The normalized spacial score (nSPS) is 17.2. The molecule has 1 fully saturated rings. The van der Waals surface area contributed by atoms with Crippen molar-refractivity contribution in [2.24, 2.45) is 0 Å². The molecule has 2 heterocycles. The summed E-state index contributed by atoms with van der Waals surface area (Å²) in [5.41, 5.74) is 0.879. The lowest BCUT2D eigenvalue weighted by Gasteiger charge is -2.18. The lowest BCUT2D eigenvalue weighted by atomic mass is 10.3. The highest BCUT2D eigenvalue weighted by Gasteiger charge is 2.17. The van der Waals surface area contributed by atoms with Crippen LogP contribution in [-0.4, -0.2) is 35.4 Å². The second kappa shape index (κ2) is 5.19. The molecule has 2 rings (SSSR count). The van der Waals surface area contributed by atoms with Gasteiger partial charge >= 0.3 is 0 Å². The third-order valence-electron chi connectivity index (χ3n) is 2.60. The molecule has 0 unspecified atom stereocenters. The number of nitrogens with zero attached hydrogens (tertiary/aromatic N) is 2. The van der Waals surface area contributed by atoms with Gasteiger partial charge in [0.2, 0.25) is 0 Å². The van der Waals surface area contributed by atoms with Gasteiger partial charge in [-0.15, -0.1) is 0 Å². The minimum absolute atomic E-state index is 0.130. The van der Waals surface area contributed by atoms with Crippen molar-refractivity contribution in [3.63, 3.8) is 0 Å². The third kappa shape index (κ3) is 2.58. The number of Topliss-reactive ketones (excluding diaryl/α,β-unsaturated/α-hetero) is 1. The quantitative estimate of drug-likeness (QED) is 0.762. The SMILES string of the molecule is CC(=O)c1sc(N2CCCSCC2)nc1C. The maximum Gasteiger partial charge on any atom is 0.186 e. The Morgan fingerprint density at radius 1 is 1.38 bits per heavy atom. The summed E-state index contributed by atoms with van der Waals surface area (Å²) in [6.45, 7) is 5.65. The molecule has 0 spiro atoms. The van der Waals surface area contributed by atoms with E-state index in [9.17, 15) is 4.79 Å². The molecule has 0 aromatic carbocycles. The molecule has 0 atom stereocenters. The van der Waals surface area contributed by atoms with Gasteiger partial charge in [0.15, 0.2) is 10.9 Å². The fraction of sp³-hybridized carbons (Fsp3) is 0.636. The Morgan fingerprint density at radius 2 is 2.19 bits per heavy atom. The van der Waals surface area contributed by atoms with Crippen LogP contribution in [0.15, 0.2) is 0 Å². The van der Waals surface area contributed by atoms with Gasteiger partial charge in [0.05, 0.1) is 10.6 Å². The predicted octanol–water partition coefficient (Wildman–Crippen LogP) is 2.60. The molecule has 0 aliphatic carbocycles. The Bertz CT molecular complexity index is 381. The number of hydrogen-bond acceptors (Lipinski definition) is 5. The Labute approximate surface area is 104 Å². The molecule has 16 heavy (non-hydrogen) atoms. The number of aryl methyl sites for hydroxylation is 1. The topological polar surface area (TPSA) is 33.2 Å². The van der Waals surface area contributed by atoms with Crippen molar-refractivity contribution < 1.29 is 4.79 Å². The summed E-state index contributed by atoms with van der Waals surface area (Å²) in [6.07, 6.45) is 1.21. The van der Waals surface area contributed by atoms with Crippen molar-refractivity contribution in [1.82, 2.24) is 4.98 Å². The van der Waals surface area contributed by atoms with Gasteiger partial charge in [0.25, 0.3) is 0 Å². The van der Waals surface area contributed by atoms with Crippen molar-refractivity contribution in [3.8, 4) is 0 Å². The van der Waals surface area contributed by atoms with Gasteiger partial charge in [-0.1, -0.05) is 11.3 Å². The molecule has 1 saturated heterocycles. The molecule has 1 aliphatic rings. The highest BCUT2D eigenvalue weighted by atomic mass is 32.2. The van der Waals surface area contributed by atoms with Crippen LogP contribution in [0.5, 0.6) is 0 Å². The number of ketones is 1. The molecule has 1 aromatic rings. The van der Waals surface area contributed by atoms with E-state index in [1.54, 1.807) is 6.92 Å². The minimum Gasteiger partial charge on any atom is -0.347 e. The first kappa shape index (κ1) is 11.9. The average Bonchev–Trinajstić information content (AvgIpc) is 2.50. The Kier molecular flexibility index (Phi) is 3.86.